The molecule has 1 atom stereocenters. The molecular weight excluding hydrogens is 222 g/mol. The van der Waals surface area contributed by atoms with Crippen molar-refractivity contribution in [2.45, 2.75) is 31.3 Å². The highest BCUT2D eigenvalue weighted by molar-refractivity contribution is 7.98. The van der Waals surface area contributed by atoms with Crippen LogP contribution in [0.1, 0.15) is 19.3 Å². The smallest absolute Gasteiger partial charge is 0.236 e. The van der Waals surface area contributed by atoms with Gasteiger partial charge >= 0.3 is 0 Å². The number of nitrogens with zero attached hydrogens (tertiary/aromatic N) is 1. The van der Waals surface area contributed by atoms with Gasteiger partial charge in [-0.25, -0.2) is 0 Å². The maximum absolute atomic E-state index is 11.6. The summed E-state index contributed by atoms with van der Waals surface area (Å²) < 4.78 is 0. The number of likely N-dealkylation sites (N-methyl/N-ethyl adjacent to an activating group) is 1. The van der Waals surface area contributed by atoms with Gasteiger partial charge in [0.1, 0.15) is 0 Å². The van der Waals surface area contributed by atoms with Crippen LogP contribution < -0.4 is 11.1 Å². The van der Waals surface area contributed by atoms with Crippen molar-refractivity contribution in [2.24, 2.45) is 5.73 Å². The third-order valence-corrected chi connectivity index (χ3v) is 3.55. The third-order valence-electron chi connectivity index (χ3n) is 2.90. The minimum absolute atomic E-state index is 0.0155. The number of carbonyl (C=O) groups excluding carboxylic acids is 1. The lowest BCUT2D eigenvalue weighted by atomic mass is 10.2. The average molecular weight is 245 g/mol. The molecule has 0 heterocycles. The van der Waals surface area contributed by atoms with Crippen LogP contribution in [0.4, 0.5) is 0 Å². The summed E-state index contributed by atoms with van der Waals surface area (Å²) in [4.78, 5) is 13.9. The summed E-state index contributed by atoms with van der Waals surface area (Å²) in [6.07, 6.45) is 5.38. The van der Waals surface area contributed by atoms with Crippen molar-refractivity contribution in [3.8, 4) is 0 Å². The highest BCUT2D eigenvalue weighted by Gasteiger charge is 2.25. The molecule has 1 aliphatic rings. The lowest BCUT2D eigenvalue weighted by molar-refractivity contribution is -0.122. The summed E-state index contributed by atoms with van der Waals surface area (Å²) in [5, 5.41) is 2.89. The molecule has 16 heavy (non-hydrogen) atoms. The number of carbonyl (C=O) groups is 1. The predicted molar refractivity (Wildman–Crippen MR) is 69.6 cm³/mol. The van der Waals surface area contributed by atoms with Crippen LogP contribution in [-0.4, -0.2) is 55.0 Å². The van der Waals surface area contributed by atoms with Crippen LogP contribution in [0.15, 0.2) is 0 Å². The third kappa shape index (κ3) is 5.18. The summed E-state index contributed by atoms with van der Waals surface area (Å²) in [6, 6.07) is 0.403. The van der Waals surface area contributed by atoms with E-state index in [0.717, 1.165) is 24.8 Å². The second kappa shape index (κ2) is 7.14. The maximum atomic E-state index is 11.6. The van der Waals surface area contributed by atoms with E-state index in [1.165, 1.54) is 12.8 Å². The lowest BCUT2D eigenvalue weighted by Gasteiger charge is -2.17. The molecule has 0 aromatic heterocycles. The molecule has 0 bridgehead atoms. The Hall–Kier alpha value is -0.260. The highest BCUT2D eigenvalue weighted by atomic mass is 32.2. The number of nitrogens with two attached hydrogens (primary N) is 1. The van der Waals surface area contributed by atoms with Crippen LogP contribution in [0.25, 0.3) is 0 Å². The van der Waals surface area contributed by atoms with Crippen LogP contribution in [-0.2, 0) is 4.79 Å². The summed E-state index contributed by atoms with van der Waals surface area (Å²) >= 11 is 1.72. The van der Waals surface area contributed by atoms with Gasteiger partial charge in [0.25, 0.3) is 0 Å². The summed E-state index contributed by atoms with van der Waals surface area (Å²) in [6.45, 7) is 1.63. The van der Waals surface area contributed by atoms with Crippen molar-refractivity contribution >= 4 is 17.7 Å². The van der Waals surface area contributed by atoms with Crippen molar-refractivity contribution in [2.75, 3.05) is 32.1 Å². The molecule has 1 rings (SSSR count). The zero-order valence-corrected chi connectivity index (χ0v) is 11.1. The molecule has 1 fully saturated rings. The van der Waals surface area contributed by atoms with Gasteiger partial charge in [0, 0.05) is 19.1 Å². The number of thioether (sulfide) groups is 1. The van der Waals surface area contributed by atoms with E-state index in [-0.39, 0.29) is 11.9 Å². The Morgan fingerprint density at radius 1 is 1.62 bits per heavy atom. The van der Waals surface area contributed by atoms with Gasteiger partial charge in [-0.15, -0.1) is 0 Å². The van der Waals surface area contributed by atoms with Gasteiger partial charge in [-0.3, -0.25) is 4.79 Å². The molecule has 1 saturated carbocycles. The van der Waals surface area contributed by atoms with E-state index in [2.05, 4.69) is 17.3 Å². The van der Waals surface area contributed by atoms with Gasteiger partial charge in [-0.1, -0.05) is 0 Å². The Balaban J connectivity index is 2.04. The van der Waals surface area contributed by atoms with Crippen molar-refractivity contribution < 1.29 is 4.79 Å². The summed E-state index contributed by atoms with van der Waals surface area (Å²) in [5.41, 5.74) is 5.75. The SMILES string of the molecule is CSCC[C@H](N)C(=O)NCCN(C)C1CC1. The number of hydrogen-bond acceptors (Lipinski definition) is 4. The van der Waals surface area contributed by atoms with Crippen LogP contribution in [0, 0.1) is 0 Å². The van der Waals surface area contributed by atoms with Crippen molar-refractivity contribution in [1.82, 2.24) is 10.2 Å². The topological polar surface area (TPSA) is 58.4 Å². The van der Waals surface area contributed by atoms with E-state index in [9.17, 15) is 4.79 Å². The molecule has 0 aromatic rings. The normalized spacial score (nSPS) is 17.5. The van der Waals surface area contributed by atoms with Crippen LogP contribution in [0.3, 0.4) is 0 Å². The van der Waals surface area contributed by atoms with Gasteiger partial charge < -0.3 is 16.0 Å². The molecule has 5 heteroatoms. The largest absolute Gasteiger partial charge is 0.353 e. The van der Waals surface area contributed by atoms with Gasteiger partial charge in [-0.05, 0) is 38.3 Å². The zero-order valence-electron chi connectivity index (χ0n) is 10.2. The minimum atomic E-state index is -0.348. The van der Waals surface area contributed by atoms with Gasteiger partial charge in [0.15, 0.2) is 0 Å². The number of rotatable bonds is 8. The van der Waals surface area contributed by atoms with E-state index in [1.807, 2.05) is 6.26 Å². The van der Waals surface area contributed by atoms with Gasteiger partial charge in [-0.2, -0.15) is 11.8 Å². The molecule has 1 amide bonds. The Kier molecular flexibility index (Phi) is 6.16. The number of hydrogen-bond donors (Lipinski definition) is 2. The van der Waals surface area contributed by atoms with Crippen molar-refractivity contribution in [1.29, 1.82) is 0 Å². The Morgan fingerprint density at radius 3 is 2.88 bits per heavy atom. The van der Waals surface area contributed by atoms with E-state index < -0.39 is 0 Å². The first-order chi connectivity index (χ1) is 7.65. The zero-order chi connectivity index (χ0) is 12.0. The fraction of sp³-hybridized carbons (Fsp3) is 0.909. The van der Waals surface area contributed by atoms with E-state index >= 15 is 0 Å². The molecule has 0 radical (unpaired) electrons. The van der Waals surface area contributed by atoms with Crippen molar-refractivity contribution in [3.63, 3.8) is 0 Å². The van der Waals surface area contributed by atoms with Gasteiger partial charge in [0.2, 0.25) is 5.91 Å². The van der Waals surface area contributed by atoms with Crippen molar-refractivity contribution in [3.05, 3.63) is 0 Å². The highest BCUT2D eigenvalue weighted by Crippen LogP contribution is 2.24. The Bertz CT molecular complexity index is 221. The number of amides is 1. The van der Waals surface area contributed by atoms with Crippen LogP contribution in [0.5, 0.6) is 0 Å². The molecule has 0 aromatic carbocycles. The number of nitrogens with one attached hydrogen (secondary N) is 1. The Morgan fingerprint density at radius 2 is 2.31 bits per heavy atom. The Labute approximate surface area is 102 Å². The fourth-order valence-corrected chi connectivity index (χ4v) is 2.05. The molecule has 1 aliphatic carbocycles. The first-order valence-electron chi connectivity index (χ1n) is 5.87. The monoisotopic (exact) mass is 245 g/mol. The van der Waals surface area contributed by atoms with Crippen LogP contribution in [0.2, 0.25) is 0 Å². The van der Waals surface area contributed by atoms with Gasteiger partial charge in [0.05, 0.1) is 6.04 Å². The minimum Gasteiger partial charge on any atom is -0.353 e. The first kappa shape index (κ1) is 13.8. The fourth-order valence-electron chi connectivity index (χ4n) is 1.56. The molecule has 0 aliphatic heterocycles. The first-order valence-corrected chi connectivity index (χ1v) is 7.27. The molecule has 3 N–H and O–H groups in total. The van der Waals surface area contributed by atoms with E-state index in [1.54, 1.807) is 11.8 Å². The molecule has 0 spiro atoms. The lowest BCUT2D eigenvalue weighted by Crippen LogP contribution is -2.43. The van der Waals surface area contributed by atoms with E-state index in [4.69, 9.17) is 5.73 Å². The molecule has 0 saturated heterocycles. The summed E-state index contributed by atoms with van der Waals surface area (Å²) in [5.74, 6) is 0.926. The molecular formula is C11H23N3OS. The maximum Gasteiger partial charge on any atom is 0.236 e. The van der Waals surface area contributed by atoms with Crippen LogP contribution >= 0.6 is 11.8 Å². The quantitative estimate of drug-likeness (QED) is 0.645. The molecule has 94 valence electrons. The molecule has 4 nitrogen and oxygen atoms in total. The second-order valence-electron chi connectivity index (χ2n) is 4.39. The predicted octanol–water partition coefficient (Wildman–Crippen LogP) is 0.277. The van der Waals surface area contributed by atoms with E-state index in [0.29, 0.717) is 6.54 Å². The summed E-state index contributed by atoms with van der Waals surface area (Å²) in [7, 11) is 2.11. The standard InChI is InChI=1S/C11H23N3OS/c1-14(9-3-4-9)7-6-13-11(15)10(12)5-8-16-2/h9-10H,3-8,12H2,1-2H3,(H,13,15)/t10-/m0/s1. The second-order valence-corrected chi connectivity index (χ2v) is 5.38. The molecule has 0 unspecified atom stereocenters. The average Bonchev–Trinajstić information content (AvgIpc) is 3.09.